The van der Waals surface area contributed by atoms with Crippen molar-refractivity contribution in [3.8, 4) is 5.75 Å². The van der Waals surface area contributed by atoms with Gasteiger partial charge in [-0.1, -0.05) is 24.3 Å². The van der Waals surface area contributed by atoms with Crippen molar-refractivity contribution >= 4 is 5.69 Å². The van der Waals surface area contributed by atoms with Crippen LogP contribution in [0.25, 0.3) is 0 Å². The third-order valence-electron chi connectivity index (χ3n) is 3.28. The topological polar surface area (TPSA) is 21.3 Å². The quantitative estimate of drug-likeness (QED) is 0.863. The third-order valence-corrected chi connectivity index (χ3v) is 3.28. The Labute approximate surface area is 121 Å². The van der Waals surface area contributed by atoms with Crippen LogP contribution in [0.15, 0.2) is 42.5 Å². The summed E-state index contributed by atoms with van der Waals surface area (Å²) in [6, 6.07) is 14.7. The van der Waals surface area contributed by atoms with E-state index in [1.807, 2.05) is 0 Å². The van der Waals surface area contributed by atoms with Gasteiger partial charge in [-0.15, -0.1) is 0 Å². The molecule has 0 spiro atoms. The molecule has 0 radical (unpaired) electrons. The van der Waals surface area contributed by atoms with Gasteiger partial charge in [0.2, 0.25) is 0 Å². The van der Waals surface area contributed by atoms with Crippen molar-refractivity contribution < 1.29 is 4.74 Å². The number of ether oxygens (including phenoxy) is 1. The van der Waals surface area contributed by atoms with Gasteiger partial charge in [-0.2, -0.15) is 0 Å². The van der Waals surface area contributed by atoms with Crippen LogP contribution in [0.1, 0.15) is 23.6 Å². The zero-order valence-electron chi connectivity index (χ0n) is 12.7. The van der Waals surface area contributed by atoms with Gasteiger partial charge in [0.1, 0.15) is 11.9 Å². The van der Waals surface area contributed by atoms with Crippen LogP contribution in [0.3, 0.4) is 0 Å². The maximum absolute atomic E-state index is 6.02. The van der Waals surface area contributed by atoms with Crippen molar-refractivity contribution in [3.63, 3.8) is 0 Å². The highest BCUT2D eigenvalue weighted by Crippen LogP contribution is 2.20. The number of nitrogens with one attached hydrogen (secondary N) is 1. The first-order valence-corrected chi connectivity index (χ1v) is 7.09. The summed E-state index contributed by atoms with van der Waals surface area (Å²) in [5.74, 6) is 0.976. The summed E-state index contributed by atoms with van der Waals surface area (Å²) in [6.07, 6.45) is 0.121. The molecule has 2 rings (SSSR count). The van der Waals surface area contributed by atoms with E-state index >= 15 is 0 Å². The first-order chi connectivity index (χ1) is 9.54. The molecule has 0 fully saturated rings. The SMILES string of the molecule is Cc1cccc(NCC(C)Oc2cc(C)ccc2C)c1. The lowest BCUT2D eigenvalue weighted by molar-refractivity contribution is 0.233. The molecule has 2 heteroatoms. The predicted molar refractivity (Wildman–Crippen MR) is 85.7 cm³/mol. The molecule has 2 aromatic rings. The fourth-order valence-electron chi connectivity index (χ4n) is 2.11. The molecular formula is C18H23NO. The van der Waals surface area contributed by atoms with Crippen LogP contribution in [0.4, 0.5) is 5.69 Å². The van der Waals surface area contributed by atoms with Gasteiger partial charge in [0, 0.05) is 5.69 Å². The molecule has 106 valence electrons. The lowest BCUT2D eigenvalue weighted by Gasteiger charge is -2.18. The maximum atomic E-state index is 6.02. The zero-order valence-corrected chi connectivity index (χ0v) is 12.7. The molecule has 0 bridgehead atoms. The minimum Gasteiger partial charge on any atom is -0.489 e. The molecule has 0 aliphatic rings. The molecule has 2 aromatic carbocycles. The van der Waals surface area contributed by atoms with Crippen LogP contribution in [0.5, 0.6) is 5.75 Å². The van der Waals surface area contributed by atoms with Crippen LogP contribution in [0.2, 0.25) is 0 Å². The minimum atomic E-state index is 0.121. The third kappa shape index (κ3) is 4.02. The molecule has 1 unspecified atom stereocenters. The van der Waals surface area contributed by atoms with Gasteiger partial charge in [-0.25, -0.2) is 0 Å². The maximum Gasteiger partial charge on any atom is 0.122 e. The Morgan fingerprint density at radius 3 is 2.50 bits per heavy atom. The smallest absolute Gasteiger partial charge is 0.122 e. The van der Waals surface area contributed by atoms with E-state index in [1.165, 1.54) is 16.7 Å². The Hall–Kier alpha value is -1.96. The number of hydrogen-bond donors (Lipinski definition) is 1. The molecular weight excluding hydrogens is 246 g/mol. The van der Waals surface area contributed by atoms with Gasteiger partial charge in [-0.05, 0) is 62.6 Å². The second-order valence-electron chi connectivity index (χ2n) is 5.45. The Balaban J connectivity index is 1.92. The minimum absolute atomic E-state index is 0.121. The van der Waals surface area contributed by atoms with E-state index in [0.29, 0.717) is 0 Å². The number of aryl methyl sites for hydroxylation is 3. The van der Waals surface area contributed by atoms with E-state index in [4.69, 9.17) is 4.74 Å². The fourth-order valence-corrected chi connectivity index (χ4v) is 2.11. The second kappa shape index (κ2) is 6.47. The molecule has 0 aliphatic carbocycles. The van der Waals surface area contributed by atoms with Crippen LogP contribution < -0.4 is 10.1 Å². The molecule has 0 saturated heterocycles. The molecule has 0 aliphatic heterocycles. The summed E-state index contributed by atoms with van der Waals surface area (Å²) >= 11 is 0. The van der Waals surface area contributed by atoms with Crippen molar-refractivity contribution in [3.05, 3.63) is 59.2 Å². The van der Waals surface area contributed by atoms with E-state index in [2.05, 4.69) is 75.5 Å². The molecule has 1 N–H and O–H groups in total. The molecule has 0 amide bonds. The summed E-state index contributed by atoms with van der Waals surface area (Å²) in [5.41, 5.74) is 4.81. The Morgan fingerprint density at radius 2 is 1.75 bits per heavy atom. The lowest BCUT2D eigenvalue weighted by Crippen LogP contribution is -2.23. The van der Waals surface area contributed by atoms with Crippen molar-refractivity contribution in [2.45, 2.75) is 33.8 Å². The van der Waals surface area contributed by atoms with E-state index < -0.39 is 0 Å². The largest absolute Gasteiger partial charge is 0.489 e. The summed E-state index contributed by atoms with van der Waals surface area (Å²) in [6.45, 7) is 9.14. The summed E-state index contributed by atoms with van der Waals surface area (Å²) in [4.78, 5) is 0. The van der Waals surface area contributed by atoms with Crippen molar-refractivity contribution in [2.75, 3.05) is 11.9 Å². The normalized spacial score (nSPS) is 12.0. The van der Waals surface area contributed by atoms with Crippen molar-refractivity contribution in [2.24, 2.45) is 0 Å². The molecule has 2 nitrogen and oxygen atoms in total. The van der Waals surface area contributed by atoms with Gasteiger partial charge in [0.15, 0.2) is 0 Å². The van der Waals surface area contributed by atoms with Gasteiger partial charge < -0.3 is 10.1 Å². The highest BCUT2D eigenvalue weighted by molar-refractivity contribution is 5.45. The van der Waals surface area contributed by atoms with E-state index in [-0.39, 0.29) is 6.10 Å². The first kappa shape index (κ1) is 14.4. The summed E-state index contributed by atoms with van der Waals surface area (Å²) < 4.78 is 6.02. The van der Waals surface area contributed by atoms with Crippen LogP contribution in [-0.2, 0) is 0 Å². The lowest BCUT2D eigenvalue weighted by atomic mass is 10.1. The number of hydrogen-bond acceptors (Lipinski definition) is 2. The van der Waals surface area contributed by atoms with Gasteiger partial charge in [-0.3, -0.25) is 0 Å². The Kier molecular flexibility index (Phi) is 4.67. The number of rotatable bonds is 5. The number of anilines is 1. The second-order valence-corrected chi connectivity index (χ2v) is 5.45. The zero-order chi connectivity index (χ0) is 14.5. The standard InChI is InChI=1S/C18H23NO/c1-13-6-5-7-17(10-13)19-12-16(4)20-18-11-14(2)8-9-15(18)3/h5-11,16,19H,12H2,1-4H3. The van der Waals surface area contributed by atoms with Crippen LogP contribution in [0, 0.1) is 20.8 Å². The highest BCUT2D eigenvalue weighted by Gasteiger charge is 2.06. The van der Waals surface area contributed by atoms with Crippen LogP contribution >= 0.6 is 0 Å². The highest BCUT2D eigenvalue weighted by atomic mass is 16.5. The Morgan fingerprint density at radius 1 is 1.00 bits per heavy atom. The van der Waals surface area contributed by atoms with Crippen LogP contribution in [-0.4, -0.2) is 12.6 Å². The molecule has 1 atom stereocenters. The average Bonchev–Trinajstić information content (AvgIpc) is 2.41. The van der Waals surface area contributed by atoms with E-state index in [9.17, 15) is 0 Å². The summed E-state index contributed by atoms with van der Waals surface area (Å²) in [7, 11) is 0. The van der Waals surface area contributed by atoms with Gasteiger partial charge in [0.05, 0.1) is 6.54 Å². The first-order valence-electron chi connectivity index (χ1n) is 7.09. The molecule has 0 aromatic heterocycles. The van der Waals surface area contributed by atoms with Gasteiger partial charge >= 0.3 is 0 Å². The van der Waals surface area contributed by atoms with Crippen molar-refractivity contribution in [1.82, 2.24) is 0 Å². The van der Waals surface area contributed by atoms with Gasteiger partial charge in [0.25, 0.3) is 0 Å². The molecule has 0 heterocycles. The molecule has 20 heavy (non-hydrogen) atoms. The van der Waals surface area contributed by atoms with E-state index in [1.54, 1.807) is 0 Å². The predicted octanol–water partition coefficient (Wildman–Crippen LogP) is 4.49. The fraction of sp³-hybridized carbons (Fsp3) is 0.333. The van der Waals surface area contributed by atoms with E-state index in [0.717, 1.165) is 18.0 Å². The summed E-state index contributed by atoms with van der Waals surface area (Å²) in [5, 5.41) is 3.41. The monoisotopic (exact) mass is 269 g/mol. The Bertz CT molecular complexity index is 577. The number of benzene rings is 2. The molecule has 0 saturated carbocycles. The van der Waals surface area contributed by atoms with Crippen molar-refractivity contribution in [1.29, 1.82) is 0 Å². The average molecular weight is 269 g/mol.